The second kappa shape index (κ2) is 13.8. The first-order valence-corrected chi connectivity index (χ1v) is 21.3. The zero-order valence-electron chi connectivity index (χ0n) is 26.8. The van der Waals surface area contributed by atoms with E-state index in [0.29, 0.717) is 21.4 Å². The Morgan fingerprint density at radius 3 is 1.44 bits per heavy atom. The number of hydrogen-bond acceptors (Lipinski definition) is 12. The van der Waals surface area contributed by atoms with E-state index in [-0.39, 0.29) is 92.1 Å². The summed E-state index contributed by atoms with van der Waals surface area (Å²) in [5.41, 5.74) is 1.03. The van der Waals surface area contributed by atoms with Crippen molar-refractivity contribution in [2.75, 3.05) is 13.1 Å². The highest BCUT2D eigenvalue weighted by Crippen LogP contribution is 2.42. The van der Waals surface area contributed by atoms with Gasteiger partial charge < -0.3 is 19.5 Å². The Kier molecular flexibility index (Phi) is 9.43. The van der Waals surface area contributed by atoms with Gasteiger partial charge in [0.2, 0.25) is 0 Å². The molecule has 6 aromatic heterocycles. The zero-order chi connectivity index (χ0) is 39.1. The number of nitrogens with one attached hydrogen (secondary N) is 2. The Morgan fingerprint density at radius 1 is 0.673 bits per heavy atom. The van der Waals surface area contributed by atoms with E-state index >= 15 is 0 Å². The molecule has 24 heteroatoms. The number of aromatic nitrogens is 4. The van der Waals surface area contributed by atoms with Crippen molar-refractivity contribution in [3.63, 3.8) is 0 Å². The van der Waals surface area contributed by atoms with Gasteiger partial charge in [-0.1, -0.05) is 46.4 Å². The number of amides is 2. The number of benzene rings is 2. The predicted molar refractivity (Wildman–Crippen MR) is 206 cm³/mol. The summed E-state index contributed by atoms with van der Waals surface area (Å²) in [7, 11) is -9.11. The SMILES string of the molecule is O=C(NCCCNC(=O)c1nn(-c2ccc(Cl)cc2Cl)c2c1oc1cc(S(=O)(=O)O)sc12)c1nn(-c2ccc(Cl)cc2Cl)c2c1oc1cc(S(=O)(=O)O)sc12. The molecule has 0 aliphatic carbocycles. The maximum atomic E-state index is 13.4. The van der Waals surface area contributed by atoms with Crippen LogP contribution in [0.4, 0.5) is 0 Å². The van der Waals surface area contributed by atoms with Gasteiger partial charge in [0.05, 0.1) is 21.4 Å². The average molecular weight is 905 g/mol. The molecule has 284 valence electrons. The second-order valence-corrected chi connectivity index (χ2v) is 18.7. The summed E-state index contributed by atoms with van der Waals surface area (Å²) in [6.07, 6.45) is 0.229. The normalized spacial score (nSPS) is 12.5. The summed E-state index contributed by atoms with van der Waals surface area (Å²) in [5.74, 6) is -1.31. The highest BCUT2D eigenvalue weighted by Gasteiger charge is 2.30. The molecule has 0 saturated carbocycles. The molecule has 2 amide bonds. The summed E-state index contributed by atoms with van der Waals surface area (Å²) >= 11 is 26.5. The van der Waals surface area contributed by atoms with Crippen molar-refractivity contribution < 1.29 is 44.4 Å². The third kappa shape index (κ3) is 6.75. The number of rotatable bonds is 10. The molecule has 0 radical (unpaired) electrons. The van der Waals surface area contributed by atoms with Gasteiger partial charge in [-0.15, -0.1) is 22.7 Å². The Labute approximate surface area is 335 Å². The number of carbonyl (C=O) groups is 2. The molecule has 0 atom stereocenters. The highest BCUT2D eigenvalue weighted by molar-refractivity contribution is 7.88. The minimum atomic E-state index is -4.55. The van der Waals surface area contributed by atoms with Gasteiger partial charge >= 0.3 is 20.2 Å². The van der Waals surface area contributed by atoms with Crippen LogP contribution in [0, 0.1) is 0 Å². The number of nitrogens with zero attached hydrogens (tertiary/aromatic N) is 4. The molecule has 8 aromatic rings. The van der Waals surface area contributed by atoms with Gasteiger partial charge in [0.1, 0.15) is 31.6 Å². The second-order valence-electron chi connectivity index (χ2n) is 11.6. The smallest absolute Gasteiger partial charge is 0.304 e. The molecule has 6 heterocycles. The number of halogens is 4. The number of furan rings is 2. The molecule has 55 heavy (non-hydrogen) atoms. The molecule has 0 saturated heterocycles. The van der Waals surface area contributed by atoms with Gasteiger partial charge in [-0.25, -0.2) is 9.36 Å². The Hall–Kier alpha value is -4.22. The van der Waals surface area contributed by atoms with Gasteiger partial charge in [0.15, 0.2) is 31.0 Å². The van der Waals surface area contributed by atoms with Crippen LogP contribution in [0.25, 0.3) is 54.1 Å². The zero-order valence-corrected chi connectivity index (χ0v) is 33.1. The lowest BCUT2D eigenvalue weighted by Gasteiger charge is -2.07. The van der Waals surface area contributed by atoms with E-state index in [1.165, 1.54) is 21.5 Å². The van der Waals surface area contributed by atoms with Crippen LogP contribution in [0.15, 0.2) is 65.8 Å². The van der Waals surface area contributed by atoms with Crippen LogP contribution < -0.4 is 10.6 Å². The van der Waals surface area contributed by atoms with Gasteiger partial charge in [-0.3, -0.25) is 18.7 Å². The quantitative estimate of drug-likeness (QED) is 0.0767. The molecule has 0 fully saturated rings. The summed E-state index contributed by atoms with van der Waals surface area (Å²) in [4.78, 5) is 26.9. The van der Waals surface area contributed by atoms with Gasteiger partial charge in [-0.2, -0.15) is 27.0 Å². The van der Waals surface area contributed by atoms with Crippen LogP contribution in [0.5, 0.6) is 0 Å². The largest absolute Gasteiger partial charge is 0.451 e. The van der Waals surface area contributed by atoms with Crippen molar-refractivity contribution >= 4 is 144 Å². The van der Waals surface area contributed by atoms with Crippen molar-refractivity contribution in [1.29, 1.82) is 0 Å². The fourth-order valence-electron chi connectivity index (χ4n) is 5.67. The lowest BCUT2D eigenvalue weighted by Crippen LogP contribution is -2.30. The average Bonchev–Trinajstić information content (AvgIpc) is 3.92. The molecule has 4 N–H and O–H groups in total. The molecular formula is C31H18Cl4N6O10S4. The monoisotopic (exact) mass is 902 g/mol. The molecule has 0 aliphatic heterocycles. The molecule has 0 bridgehead atoms. The minimum absolute atomic E-state index is 0.0300. The summed E-state index contributed by atoms with van der Waals surface area (Å²) < 4.78 is 80.7. The predicted octanol–water partition coefficient (Wildman–Crippen LogP) is 7.64. The Bertz CT molecular complexity index is 2930. The summed E-state index contributed by atoms with van der Waals surface area (Å²) in [6, 6.07) is 11.4. The van der Waals surface area contributed by atoms with E-state index < -0.39 is 32.1 Å². The number of carbonyl (C=O) groups excluding carboxylic acids is 2. The first-order chi connectivity index (χ1) is 26.0. The molecular weight excluding hydrogens is 886 g/mol. The third-order valence-electron chi connectivity index (χ3n) is 8.03. The fourth-order valence-corrected chi connectivity index (χ4v) is 10.2. The third-order valence-corrected chi connectivity index (χ3v) is 14.0. The van der Waals surface area contributed by atoms with Crippen LogP contribution >= 0.6 is 69.1 Å². The maximum Gasteiger partial charge on any atom is 0.304 e. The summed E-state index contributed by atoms with van der Waals surface area (Å²) in [6.45, 7) is 0.104. The Balaban J connectivity index is 1.02. The molecule has 16 nitrogen and oxygen atoms in total. The van der Waals surface area contributed by atoms with E-state index in [4.69, 9.17) is 55.2 Å². The van der Waals surface area contributed by atoms with Gasteiger partial charge in [0, 0.05) is 35.3 Å². The molecule has 0 aliphatic rings. The van der Waals surface area contributed by atoms with E-state index in [1.807, 2.05) is 0 Å². The summed E-state index contributed by atoms with van der Waals surface area (Å²) in [5, 5.41) is 15.3. The first-order valence-electron chi connectivity index (χ1n) is 15.3. The van der Waals surface area contributed by atoms with Gasteiger partial charge in [-0.05, 0) is 42.8 Å². The number of hydrogen-bond donors (Lipinski definition) is 4. The van der Waals surface area contributed by atoms with Crippen molar-refractivity contribution in [3.05, 3.63) is 80.0 Å². The molecule has 8 rings (SSSR count). The standard InChI is InChI=1S/C31H18Cl4N6O10S4/c32-12-2-4-16(14(34)8-12)40-24-26(50-18-10-20(52-28(18)24)54(44,45)46)22(38-40)30(42)36-6-1-7-37-31(43)23-27-25(29-19(51-27)11-21(53-29)55(47,48)49)41(39-23)17-5-3-13(33)9-15(17)35/h2-5,8-11H,1,6-7H2,(H,36,42)(H,37,43)(H,44,45,46)(H,47,48,49). The first kappa shape index (κ1) is 37.7. The van der Waals surface area contributed by atoms with E-state index in [2.05, 4.69) is 20.8 Å². The topological polar surface area (TPSA) is 229 Å². The van der Waals surface area contributed by atoms with Gasteiger partial charge in [0.25, 0.3) is 11.8 Å². The van der Waals surface area contributed by atoms with E-state index in [1.54, 1.807) is 24.3 Å². The Morgan fingerprint density at radius 2 is 1.07 bits per heavy atom. The van der Waals surface area contributed by atoms with Crippen molar-refractivity contribution in [1.82, 2.24) is 30.2 Å². The van der Waals surface area contributed by atoms with Crippen LogP contribution in [0.3, 0.4) is 0 Å². The molecule has 0 unspecified atom stereocenters. The van der Waals surface area contributed by atoms with Crippen molar-refractivity contribution in [2.45, 2.75) is 14.8 Å². The van der Waals surface area contributed by atoms with Crippen LogP contribution in [-0.4, -0.2) is 70.4 Å². The minimum Gasteiger partial charge on any atom is -0.451 e. The highest BCUT2D eigenvalue weighted by atomic mass is 35.5. The lowest BCUT2D eigenvalue weighted by molar-refractivity contribution is 0.0947. The molecule has 0 spiro atoms. The van der Waals surface area contributed by atoms with Crippen LogP contribution in [0.2, 0.25) is 20.1 Å². The molecule has 2 aromatic carbocycles. The van der Waals surface area contributed by atoms with E-state index in [0.717, 1.165) is 34.8 Å². The van der Waals surface area contributed by atoms with Crippen molar-refractivity contribution in [2.24, 2.45) is 0 Å². The van der Waals surface area contributed by atoms with Crippen molar-refractivity contribution in [3.8, 4) is 11.4 Å². The number of fused-ring (bicyclic) bond motifs is 6. The fraction of sp³-hybridized carbons (Fsp3) is 0.0968. The number of thiophene rings is 2. The van der Waals surface area contributed by atoms with Crippen LogP contribution in [0.1, 0.15) is 27.4 Å². The maximum absolute atomic E-state index is 13.4. The lowest BCUT2D eigenvalue weighted by atomic mass is 10.3. The van der Waals surface area contributed by atoms with Crippen LogP contribution in [-0.2, 0) is 20.2 Å². The van der Waals surface area contributed by atoms with E-state index in [9.17, 15) is 35.5 Å².